The predicted octanol–water partition coefficient (Wildman–Crippen LogP) is -3.25. The van der Waals surface area contributed by atoms with Crippen molar-refractivity contribution in [3.05, 3.63) is 29.8 Å². The van der Waals surface area contributed by atoms with Gasteiger partial charge in [-0.2, -0.15) is 0 Å². The standard InChI is InChI=1S/C11H8O5.K/c12-8(11(13)14)3-1-7-2-4-9-10(5-7)16-6-15-9;/h1-5H,6H2,(H,13,14);/q;+1/p-1/b3-1+;. The Morgan fingerprint density at radius 1 is 1.24 bits per heavy atom. The van der Waals surface area contributed by atoms with Crippen molar-refractivity contribution in [2.75, 3.05) is 6.79 Å². The van der Waals surface area contributed by atoms with Crippen LogP contribution in [0.15, 0.2) is 24.3 Å². The maximum absolute atomic E-state index is 10.7. The van der Waals surface area contributed by atoms with Crippen LogP contribution in [0.1, 0.15) is 5.56 Å². The average molecular weight is 258 g/mol. The summed E-state index contributed by atoms with van der Waals surface area (Å²) in [7, 11) is 0. The minimum atomic E-state index is -1.73. The maximum atomic E-state index is 10.7. The van der Waals surface area contributed by atoms with Crippen LogP contribution >= 0.6 is 0 Å². The molecule has 0 atom stereocenters. The van der Waals surface area contributed by atoms with E-state index < -0.39 is 11.8 Å². The molecule has 0 spiro atoms. The number of benzene rings is 1. The van der Waals surface area contributed by atoms with E-state index >= 15 is 0 Å². The molecule has 2 rings (SSSR count). The summed E-state index contributed by atoms with van der Waals surface area (Å²) in [5, 5.41) is 10.2. The van der Waals surface area contributed by atoms with E-state index in [1.807, 2.05) is 0 Å². The molecule has 0 unspecified atom stereocenters. The van der Waals surface area contributed by atoms with E-state index in [9.17, 15) is 14.7 Å². The van der Waals surface area contributed by atoms with Gasteiger partial charge in [-0.25, -0.2) is 0 Å². The second-order valence-electron chi connectivity index (χ2n) is 3.10. The van der Waals surface area contributed by atoms with Crippen LogP contribution in [0.3, 0.4) is 0 Å². The number of carboxylic acid groups (broad SMARTS) is 1. The van der Waals surface area contributed by atoms with Crippen LogP contribution in [0.4, 0.5) is 0 Å². The number of ether oxygens (including phenoxy) is 2. The second kappa shape index (κ2) is 6.32. The summed E-state index contributed by atoms with van der Waals surface area (Å²) in [5.74, 6) is -1.60. The summed E-state index contributed by atoms with van der Waals surface area (Å²) in [6.45, 7) is 0.167. The van der Waals surface area contributed by atoms with Crippen LogP contribution in [0, 0.1) is 0 Å². The summed E-state index contributed by atoms with van der Waals surface area (Å²) in [6, 6.07) is 5.03. The molecule has 0 saturated carbocycles. The van der Waals surface area contributed by atoms with Crippen molar-refractivity contribution in [1.29, 1.82) is 0 Å². The molecule has 6 heteroatoms. The first kappa shape index (κ1) is 14.4. The Kier molecular flexibility index (Phi) is 5.35. The van der Waals surface area contributed by atoms with E-state index in [0.29, 0.717) is 17.1 Å². The monoisotopic (exact) mass is 258 g/mol. The zero-order valence-corrected chi connectivity index (χ0v) is 12.3. The van der Waals surface area contributed by atoms with Crippen molar-refractivity contribution in [3.8, 4) is 11.5 Å². The first-order valence-electron chi connectivity index (χ1n) is 4.50. The fraction of sp³-hybridized carbons (Fsp3) is 0.0909. The molecule has 0 bridgehead atoms. The van der Waals surface area contributed by atoms with Crippen molar-refractivity contribution in [1.82, 2.24) is 0 Å². The van der Waals surface area contributed by atoms with Gasteiger partial charge in [0.2, 0.25) is 12.6 Å². The average Bonchev–Trinajstić information content (AvgIpc) is 2.72. The molecule has 1 aromatic carbocycles. The van der Waals surface area contributed by atoms with Gasteiger partial charge < -0.3 is 19.4 Å². The zero-order valence-electron chi connectivity index (χ0n) is 9.14. The summed E-state index contributed by atoms with van der Waals surface area (Å²) in [4.78, 5) is 20.9. The molecule has 82 valence electrons. The number of carbonyl (C=O) groups is 2. The van der Waals surface area contributed by atoms with Gasteiger partial charge in [-0.1, -0.05) is 12.1 Å². The summed E-state index contributed by atoms with van der Waals surface area (Å²) in [6.07, 6.45) is 2.31. The molecular weight excluding hydrogens is 251 g/mol. The van der Waals surface area contributed by atoms with E-state index in [0.717, 1.165) is 6.08 Å². The third kappa shape index (κ3) is 3.65. The van der Waals surface area contributed by atoms with Gasteiger partial charge in [-0.05, 0) is 23.8 Å². The number of aliphatic carboxylic acids is 1. The number of hydrogen-bond donors (Lipinski definition) is 0. The van der Waals surface area contributed by atoms with Gasteiger partial charge in [0, 0.05) is 0 Å². The Bertz CT molecular complexity index is 481. The third-order valence-corrected chi connectivity index (χ3v) is 2.02. The first-order chi connectivity index (χ1) is 7.66. The molecule has 0 saturated heterocycles. The molecule has 1 aliphatic rings. The second-order valence-corrected chi connectivity index (χ2v) is 3.10. The summed E-state index contributed by atoms with van der Waals surface area (Å²) < 4.78 is 10.2. The molecule has 0 fully saturated rings. The number of fused-ring (bicyclic) bond motifs is 1. The Morgan fingerprint density at radius 3 is 2.65 bits per heavy atom. The van der Waals surface area contributed by atoms with Crippen LogP contribution in [0.2, 0.25) is 0 Å². The maximum Gasteiger partial charge on any atom is 1.00 e. The molecule has 1 aliphatic heterocycles. The van der Waals surface area contributed by atoms with Crippen molar-refractivity contribution >= 4 is 17.8 Å². The molecular formula is C11H7KO5. The van der Waals surface area contributed by atoms with E-state index in [1.165, 1.54) is 6.08 Å². The van der Waals surface area contributed by atoms with Crippen LogP contribution in [0.5, 0.6) is 11.5 Å². The van der Waals surface area contributed by atoms with Gasteiger partial charge in [-0.15, -0.1) is 0 Å². The molecule has 5 nitrogen and oxygen atoms in total. The molecule has 1 aromatic rings. The van der Waals surface area contributed by atoms with E-state index in [1.54, 1.807) is 18.2 Å². The molecule has 0 N–H and O–H groups in total. The fourth-order valence-electron chi connectivity index (χ4n) is 1.26. The zero-order chi connectivity index (χ0) is 11.5. The van der Waals surface area contributed by atoms with Gasteiger partial charge >= 0.3 is 51.4 Å². The van der Waals surface area contributed by atoms with Crippen LogP contribution in [0.25, 0.3) is 6.08 Å². The molecule has 0 aromatic heterocycles. The predicted molar refractivity (Wildman–Crippen MR) is 51.6 cm³/mol. The molecule has 0 amide bonds. The van der Waals surface area contributed by atoms with Gasteiger partial charge in [0.15, 0.2) is 11.5 Å². The number of rotatable bonds is 3. The Balaban J connectivity index is 0.00000144. The van der Waals surface area contributed by atoms with Crippen molar-refractivity contribution in [2.45, 2.75) is 0 Å². The molecule has 17 heavy (non-hydrogen) atoms. The third-order valence-electron chi connectivity index (χ3n) is 2.02. The van der Waals surface area contributed by atoms with Crippen LogP contribution in [-0.2, 0) is 9.59 Å². The Morgan fingerprint density at radius 2 is 1.94 bits per heavy atom. The van der Waals surface area contributed by atoms with Crippen LogP contribution in [-0.4, -0.2) is 18.5 Å². The first-order valence-corrected chi connectivity index (χ1v) is 4.50. The fourth-order valence-corrected chi connectivity index (χ4v) is 1.26. The van der Waals surface area contributed by atoms with E-state index in [4.69, 9.17) is 9.47 Å². The minimum absolute atomic E-state index is 0. The van der Waals surface area contributed by atoms with Gasteiger partial charge in [0.05, 0.1) is 0 Å². The number of ketones is 1. The quantitative estimate of drug-likeness (QED) is 0.323. The number of carbonyl (C=O) groups excluding carboxylic acids is 2. The normalized spacial score (nSPS) is 12.2. The Labute approximate surface area is 140 Å². The number of carboxylic acids is 1. The van der Waals surface area contributed by atoms with E-state index in [2.05, 4.69) is 0 Å². The van der Waals surface area contributed by atoms with E-state index in [-0.39, 0.29) is 58.2 Å². The van der Waals surface area contributed by atoms with Crippen LogP contribution < -0.4 is 66.0 Å². The largest absolute Gasteiger partial charge is 1.00 e. The minimum Gasteiger partial charge on any atom is -0.541 e. The smallest absolute Gasteiger partial charge is 0.541 e. The van der Waals surface area contributed by atoms with Crippen molar-refractivity contribution in [2.24, 2.45) is 0 Å². The van der Waals surface area contributed by atoms with Crippen molar-refractivity contribution in [3.63, 3.8) is 0 Å². The van der Waals surface area contributed by atoms with Gasteiger partial charge in [0.25, 0.3) is 0 Å². The Hall–Kier alpha value is -0.664. The molecule has 1 heterocycles. The summed E-state index contributed by atoms with van der Waals surface area (Å²) >= 11 is 0. The summed E-state index contributed by atoms with van der Waals surface area (Å²) in [5.41, 5.74) is 0.652. The molecule has 0 aliphatic carbocycles. The van der Waals surface area contributed by atoms with Gasteiger partial charge in [-0.3, -0.25) is 4.79 Å². The van der Waals surface area contributed by atoms with Gasteiger partial charge in [0.1, 0.15) is 5.97 Å². The molecule has 0 radical (unpaired) electrons. The van der Waals surface area contributed by atoms with Crippen molar-refractivity contribution < 1.29 is 75.6 Å². The number of hydrogen-bond acceptors (Lipinski definition) is 5. The SMILES string of the molecule is O=C([O-])C(=O)/C=C/c1ccc2c(c1)OCO2.[K+]. The topological polar surface area (TPSA) is 75.7 Å².